The Balaban J connectivity index is 1.88. The van der Waals surface area contributed by atoms with Crippen molar-refractivity contribution < 1.29 is 0 Å². The normalized spacial score (nSPS) is 29.1. The minimum atomic E-state index is 0.587. The molecule has 2 rings (SSSR count). The molecule has 2 fully saturated rings. The first-order valence-electron chi connectivity index (χ1n) is 6.61. The van der Waals surface area contributed by atoms with Crippen LogP contribution in [0, 0.1) is 17.2 Å². The number of hydrogen-bond acceptors (Lipinski definition) is 1. The van der Waals surface area contributed by atoms with Gasteiger partial charge in [-0.3, -0.25) is 5.41 Å². The number of rotatable bonds is 1. The Bertz CT molecular complexity index is 219. The quantitative estimate of drug-likeness (QED) is 0.519. The van der Waals surface area contributed by atoms with Gasteiger partial charge < -0.3 is 4.90 Å². The summed E-state index contributed by atoms with van der Waals surface area (Å²) in [5.74, 6) is 2.34. The molecule has 1 N–H and O–H groups in total. The number of nitrogens with zero attached hydrogens (tertiary/aromatic N) is 1. The monoisotopic (exact) mass is 208 g/mol. The Hall–Kier alpha value is -0.530. The number of piperidine rings is 1. The fourth-order valence-electron chi connectivity index (χ4n) is 3.04. The molecule has 0 bridgehead atoms. The van der Waals surface area contributed by atoms with E-state index in [0.29, 0.717) is 5.92 Å². The second kappa shape index (κ2) is 5.00. The maximum absolute atomic E-state index is 8.29. The zero-order valence-corrected chi connectivity index (χ0v) is 9.97. The Morgan fingerprint density at radius 1 is 1.07 bits per heavy atom. The van der Waals surface area contributed by atoms with E-state index in [9.17, 15) is 0 Å². The molecule has 0 amide bonds. The standard InChI is InChI=1S/C13H24N2/c1-11-6-5-9-15(10-11)13(14)12-7-3-2-4-8-12/h11-12,14H,2-10H2,1H3. The first kappa shape index (κ1) is 11.0. The number of likely N-dealkylation sites (tertiary alicyclic amines) is 1. The predicted octanol–water partition coefficient (Wildman–Crippen LogP) is 3.28. The Morgan fingerprint density at radius 2 is 1.80 bits per heavy atom. The minimum absolute atomic E-state index is 0.587. The highest BCUT2D eigenvalue weighted by atomic mass is 15.2. The zero-order valence-electron chi connectivity index (χ0n) is 9.97. The lowest BCUT2D eigenvalue weighted by Gasteiger charge is -2.36. The maximum atomic E-state index is 8.29. The van der Waals surface area contributed by atoms with Crippen molar-refractivity contribution in [3.05, 3.63) is 0 Å². The summed E-state index contributed by atoms with van der Waals surface area (Å²) in [6, 6.07) is 0. The van der Waals surface area contributed by atoms with E-state index in [1.54, 1.807) is 0 Å². The van der Waals surface area contributed by atoms with Crippen molar-refractivity contribution in [2.45, 2.75) is 51.9 Å². The molecule has 2 nitrogen and oxygen atoms in total. The molecule has 1 unspecified atom stereocenters. The average Bonchev–Trinajstić information content (AvgIpc) is 2.29. The lowest BCUT2D eigenvalue weighted by atomic mass is 9.87. The molecule has 1 saturated carbocycles. The van der Waals surface area contributed by atoms with Crippen molar-refractivity contribution in [3.63, 3.8) is 0 Å². The molecular formula is C13H24N2. The van der Waals surface area contributed by atoms with Gasteiger partial charge in [-0.1, -0.05) is 26.2 Å². The molecule has 1 aliphatic carbocycles. The second-order valence-corrected chi connectivity index (χ2v) is 5.41. The zero-order chi connectivity index (χ0) is 10.7. The molecule has 2 aliphatic rings. The van der Waals surface area contributed by atoms with Crippen LogP contribution in [-0.4, -0.2) is 23.8 Å². The summed E-state index contributed by atoms with van der Waals surface area (Å²) >= 11 is 0. The van der Waals surface area contributed by atoms with E-state index in [0.717, 1.165) is 24.8 Å². The van der Waals surface area contributed by atoms with Gasteiger partial charge in [0.2, 0.25) is 0 Å². The van der Waals surface area contributed by atoms with Crippen LogP contribution in [0.5, 0.6) is 0 Å². The molecule has 1 heterocycles. The fourth-order valence-corrected chi connectivity index (χ4v) is 3.04. The molecule has 0 radical (unpaired) electrons. The van der Waals surface area contributed by atoms with Gasteiger partial charge in [0.15, 0.2) is 0 Å². The van der Waals surface area contributed by atoms with Crippen LogP contribution in [0.1, 0.15) is 51.9 Å². The first-order valence-corrected chi connectivity index (χ1v) is 6.61. The highest BCUT2D eigenvalue weighted by Crippen LogP contribution is 2.27. The summed E-state index contributed by atoms with van der Waals surface area (Å²) in [5.41, 5.74) is 0. The van der Waals surface area contributed by atoms with Gasteiger partial charge in [-0.2, -0.15) is 0 Å². The predicted molar refractivity (Wildman–Crippen MR) is 64.3 cm³/mol. The maximum Gasteiger partial charge on any atom is 0.0989 e. The van der Waals surface area contributed by atoms with Crippen LogP contribution >= 0.6 is 0 Å². The van der Waals surface area contributed by atoms with E-state index in [4.69, 9.17) is 5.41 Å². The second-order valence-electron chi connectivity index (χ2n) is 5.41. The van der Waals surface area contributed by atoms with Gasteiger partial charge >= 0.3 is 0 Å². The van der Waals surface area contributed by atoms with Crippen molar-refractivity contribution in [2.24, 2.45) is 11.8 Å². The van der Waals surface area contributed by atoms with Gasteiger partial charge in [0.1, 0.15) is 0 Å². The Morgan fingerprint density at radius 3 is 2.47 bits per heavy atom. The van der Waals surface area contributed by atoms with E-state index >= 15 is 0 Å². The lowest BCUT2D eigenvalue weighted by Crippen LogP contribution is -2.42. The Kier molecular flexibility index (Phi) is 3.66. The molecule has 86 valence electrons. The first-order chi connectivity index (χ1) is 7.27. The third kappa shape index (κ3) is 2.73. The van der Waals surface area contributed by atoms with Gasteiger partial charge in [-0.15, -0.1) is 0 Å². The average molecular weight is 208 g/mol. The SMILES string of the molecule is CC1CCCN(C(=N)C2CCCCC2)C1. The third-order valence-electron chi connectivity index (χ3n) is 3.99. The van der Waals surface area contributed by atoms with E-state index < -0.39 is 0 Å². The molecule has 1 saturated heterocycles. The van der Waals surface area contributed by atoms with Crippen LogP contribution in [0.15, 0.2) is 0 Å². The highest BCUT2D eigenvalue weighted by Gasteiger charge is 2.25. The largest absolute Gasteiger partial charge is 0.360 e. The molecule has 0 aromatic carbocycles. The number of amidine groups is 1. The van der Waals surface area contributed by atoms with Crippen molar-refractivity contribution in [1.29, 1.82) is 5.41 Å². The highest BCUT2D eigenvalue weighted by molar-refractivity contribution is 5.81. The Labute approximate surface area is 93.6 Å². The summed E-state index contributed by atoms with van der Waals surface area (Å²) in [6.45, 7) is 4.59. The van der Waals surface area contributed by atoms with Crippen LogP contribution in [0.4, 0.5) is 0 Å². The molecule has 0 aromatic rings. The van der Waals surface area contributed by atoms with Gasteiger partial charge in [-0.05, 0) is 31.6 Å². The van der Waals surface area contributed by atoms with Crippen LogP contribution in [0.2, 0.25) is 0 Å². The molecule has 1 atom stereocenters. The summed E-state index contributed by atoms with van der Waals surface area (Å²) in [6.07, 6.45) is 9.26. The van der Waals surface area contributed by atoms with Crippen molar-refractivity contribution >= 4 is 5.84 Å². The van der Waals surface area contributed by atoms with E-state index in [-0.39, 0.29) is 0 Å². The van der Waals surface area contributed by atoms with Gasteiger partial charge in [0.05, 0.1) is 5.84 Å². The third-order valence-corrected chi connectivity index (χ3v) is 3.99. The smallest absolute Gasteiger partial charge is 0.0989 e. The molecule has 0 spiro atoms. The van der Waals surface area contributed by atoms with E-state index in [1.165, 1.54) is 44.9 Å². The summed E-state index contributed by atoms with van der Waals surface area (Å²) < 4.78 is 0. The van der Waals surface area contributed by atoms with Gasteiger partial charge in [0, 0.05) is 19.0 Å². The molecule has 2 heteroatoms. The van der Waals surface area contributed by atoms with Crippen LogP contribution in [-0.2, 0) is 0 Å². The van der Waals surface area contributed by atoms with Crippen molar-refractivity contribution in [3.8, 4) is 0 Å². The molecule has 0 aromatic heterocycles. The molecule has 1 aliphatic heterocycles. The van der Waals surface area contributed by atoms with E-state index in [2.05, 4.69) is 11.8 Å². The number of hydrogen-bond donors (Lipinski definition) is 1. The van der Waals surface area contributed by atoms with E-state index in [1.807, 2.05) is 0 Å². The summed E-state index contributed by atoms with van der Waals surface area (Å²) in [4.78, 5) is 2.35. The minimum Gasteiger partial charge on any atom is -0.360 e. The van der Waals surface area contributed by atoms with Crippen LogP contribution < -0.4 is 0 Å². The lowest BCUT2D eigenvalue weighted by molar-refractivity contribution is 0.253. The fraction of sp³-hybridized carbons (Fsp3) is 0.923. The number of nitrogens with one attached hydrogen (secondary N) is 1. The summed E-state index contributed by atoms with van der Waals surface area (Å²) in [7, 11) is 0. The van der Waals surface area contributed by atoms with Gasteiger partial charge in [0.25, 0.3) is 0 Å². The summed E-state index contributed by atoms with van der Waals surface area (Å²) in [5, 5.41) is 8.29. The molecular weight excluding hydrogens is 184 g/mol. The van der Waals surface area contributed by atoms with Crippen LogP contribution in [0.25, 0.3) is 0 Å². The van der Waals surface area contributed by atoms with Crippen molar-refractivity contribution in [1.82, 2.24) is 4.90 Å². The van der Waals surface area contributed by atoms with Crippen molar-refractivity contribution in [2.75, 3.05) is 13.1 Å². The molecule has 15 heavy (non-hydrogen) atoms. The van der Waals surface area contributed by atoms with Crippen LogP contribution in [0.3, 0.4) is 0 Å². The van der Waals surface area contributed by atoms with Gasteiger partial charge in [-0.25, -0.2) is 0 Å². The topological polar surface area (TPSA) is 27.1 Å².